The van der Waals surface area contributed by atoms with Crippen molar-refractivity contribution in [1.29, 1.82) is 0 Å². The van der Waals surface area contributed by atoms with Crippen LogP contribution in [0.1, 0.15) is 0 Å². The Balaban J connectivity index is 1.73. The van der Waals surface area contributed by atoms with Gasteiger partial charge in [0.25, 0.3) is 0 Å². The molecule has 29 heavy (non-hydrogen) atoms. The standard InChI is InChI=1S/C22H15ClN6/c23-17-11-13-19(14-12-17)29-22(25-26-27-29)20-15-24-28(18-9-5-2-6-10-18)21(20)16-7-3-1-4-8-16/h1-15H. The highest BCUT2D eigenvalue weighted by molar-refractivity contribution is 6.30. The summed E-state index contributed by atoms with van der Waals surface area (Å²) in [6.45, 7) is 0. The fourth-order valence-electron chi connectivity index (χ4n) is 3.26. The minimum atomic E-state index is 0.605. The third-order valence-electron chi connectivity index (χ3n) is 4.60. The topological polar surface area (TPSA) is 61.4 Å². The Kier molecular flexibility index (Phi) is 4.38. The normalized spacial score (nSPS) is 10.9. The molecule has 7 heteroatoms. The Bertz CT molecular complexity index is 1240. The third kappa shape index (κ3) is 3.19. The van der Waals surface area contributed by atoms with Crippen molar-refractivity contribution < 1.29 is 0 Å². The van der Waals surface area contributed by atoms with Crippen LogP contribution in [-0.2, 0) is 0 Å². The van der Waals surface area contributed by atoms with Gasteiger partial charge in [0, 0.05) is 10.6 Å². The maximum Gasteiger partial charge on any atom is 0.190 e. The first-order valence-corrected chi connectivity index (χ1v) is 9.42. The van der Waals surface area contributed by atoms with E-state index < -0.39 is 0 Å². The molecule has 0 atom stereocenters. The minimum Gasteiger partial charge on any atom is -0.232 e. The number of benzene rings is 3. The molecular weight excluding hydrogens is 384 g/mol. The summed E-state index contributed by atoms with van der Waals surface area (Å²) < 4.78 is 3.60. The molecule has 0 unspecified atom stereocenters. The van der Waals surface area contributed by atoms with Crippen molar-refractivity contribution >= 4 is 11.6 Å². The first-order valence-electron chi connectivity index (χ1n) is 9.05. The van der Waals surface area contributed by atoms with Crippen molar-refractivity contribution in [1.82, 2.24) is 30.0 Å². The molecule has 0 saturated heterocycles. The molecule has 0 bridgehead atoms. The monoisotopic (exact) mass is 398 g/mol. The Labute approximate surface area is 172 Å². The highest BCUT2D eigenvalue weighted by Crippen LogP contribution is 2.33. The summed E-state index contributed by atoms with van der Waals surface area (Å²) in [5, 5.41) is 17.7. The van der Waals surface area contributed by atoms with Crippen molar-refractivity contribution in [3.8, 4) is 34.0 Å². The Morgan fingerprint density at radius 1 is 0.690 bits per heavy atom. The predicted octanol–water partition coefficient (Wildman–Crippen LogP) is 4.84. The zero-order valence-electron chi connectivity index (χ0n) is 15.2. The van der Waals surface area contributed by atoms with E-state index in [1.165, 1.54) is 0 Å². The number of hydrogen-bond donors (Lipinski definition) is 0. The van der Waals surface area contributed by atoms with Crippen LogP contribution in [0.2, 0.25) is 5.02 Å². The van der Waals surface area contributed by atoms with E-state index >= 15 is 0 Å². The molecule has 0 fully saturated rings. The Hall–Kier alpha value is -3.77. The lowest BCUT2D eigenvalue weighted by molar-refractivity contribution is 0.791. The average molecular weight is 399 g/mol. The highest BCUT2D eigenvalue weighted by atomic mass is 35.5. The summed E-state index contributed by atoms with van der Waals surface area (Å²) in [4.78, 5) is 0. The molecular formula is C22H15ClN6. The number of rotatable bonds is 4. The zero-order chi connectivity index (χ0) is 19.6. The molecule has 5 rings (SSSR count). The van der Waals surface area contributed by atoms with Gasteiger partial charge < -0.3 is 0 Å². The van der Waals surface area contributed by atoms with E-state index in [0.717, 1.165) is 28.2 Å². The number of tetrazole rings is 1. The first kappa shape index (κ1) is 17.3. The smallest absolute Gasteiger partial charge is 0.190 e. The second kappa shape index (κ2) is 7.33. The molecule has 0 spiro atoms. The van der Waals surface area contributed by atoms with Gasteiger partial charge in [0.2, 0.25) is 0 Å². The van der Waals surface area contributed by atoms with E-state index in [1.807, 2.05) is 77.5 Å². The average Bonchev–Trinajstić information content (AvgIpc) is 3.42. The van der Waals surface area contributed by atoms with Gasteiger partial charge in [-0.1, -0.05) is 60.1 Å². The van der Waals surface area contributed by atoms with Crippen LogP contribution in [0.4, 0.5) is 0 Å². The van der Waals surface area contributed by atoms with Crippen LogP contribution in [-0.4, -0.2) is 30.0 Å². The van der Waals surface area contributed by atoms with Gasteiger partial charge in [0.15, 0.2) is 5.82 Å². The quantitative estimate of drug-likeness (QED) is 0.434. The zero-order valence-corrected chi connectivity index (χ0v) is 16.0. The van der Waals surface area contributed by atoms with Crippen molar-refractivity contribution in [2.75, 3.05) is 0 Å². The van der Waals surface area contributed by atoms with Crippen LogP contribution in [0.15, 0.2) is 91.1 Å². The van der Waals surface area contributed by atoms with Crippen LogP contribution in [0.25, 0.3) is 34.0 Å². The number of hydrogen-bond acceptors (Lipinski definition) is 4. The molecule has 0 aliphatic carbocycles. The molecule has 140 valence electrons. The molecule has 0 saturated carbocycles. The van der Waals surface area contributed by atoms with Crippen LogP contribution in [0.5, 0.6) is 0 Å². The van der Waals surface area contributed by atoms with Gasteiger partial charge in [-0.3, -0.25) is 0 Å². The molecule has 0 aliphatic rings. The lowest BCUT2D eigenvalue weighted by atomic mass is 10.1. The first-order chi connectivity index (χ1) is 14.3. The van der Waals surface area contributed by atoms with Crippen LogP contribution < -0.4 is 0 Å². The lowest BCUT2D eigenvalue weighted by Crippen LogP contribution is -2.02. The van der Waals surface area contributed by atoms with E-state index in [-0.39, 0.29) is 0 Å². The van der Waals surface area contributed by atoms with E-state index in [2.05, 4.69) is 32.8 Å². The van der Waals surface area contributed by atoms with Gasteiger partial charge in [-0.25, -0.2) is 4.68 Å². The van der Waals surface area contributed by atoms with Crippen molar-refractivity contribution in [3.63, 3.8) is 0 Å². The lowest BCUT2D eigenvalue weighted by Gasteiger charge is -2.10. The van der Waals surface area contributed by atoms with Crippen molar-refractivity contribution in [2.45, 2.75) is 0 Å². The van der Waals surface area contributed by atoms with E-state index in [0.29, 0.717) is 10.8 Å². The van der Waals surface area contributed by atoms with E-state index in [9.17, 15) is 0 Å². The van der Waals surface area contributed by atoms with E-state index in [1.54, 1.807) is 10.9 Å². The van der Waals surface area contributed by atoms with Gasteiger partial charge in [0.1, 0.15) is 0 Å². The van der Waals surface area contributed by atoms with Crippen LogP contribution in [0.3, 0.4) is 0 Å². The summed E-state index contributed by atoms with van der Waals surface area (Å²) in [5.74, 6) is 0.605. The minimum absolute atomic E-state index is 0.605. The molecule has 5 aromatic rings. The molecule has 3 aromatic carbocycles. The Morgan fingerprint density at radius 3 is 2.07 bits per heavy atom. The van der Waals surface area contributed by atoms with Gasteiger partial charge in [-0.2, -0.15) is 9.78 Å². The fourth-order valence-corrected chi connectivity index (χ4v) is 3.39. The summed E-state index contributed by atoms with van der Waals surface area (Å²) in [7, 11) is 0. The number of para-hydroxylation sites is 1. The number of nitrogens with zero attached hydrogens (tertiary/aromatic N) is 6. The molecule has 6 nitrogen and oxygen atoms in total. The predicted molar refractivity (Wildman–Crippen MR) is 112 cm³/mol. The van der Waals surface area contributed by atoms with Crippen molar-refractivity contribution in [2.24, 2.45) is 0 Å². The Morgan fingerprint density at radius 2 is 1.34 bits per heavy atom. The maximum absolute atomic E-state index is 6.03. The third-order valence-corrected chi connectivity index (χ3v) is 4.85. The van der Waals surface area contributed by atoms with Gasteiger partial charge in [-0.05, 0) is 46.8 Å². The second-order valence-electron chi connectivity index (χ2n) is 6.41. The van der Waals surface area contributed by atoms with E-state index in [4.69, 9.17) is 11.6 Å². The summed E-state index contributed by atoms with van der Waals surface area (Å²) in [5.41, 5.74) is 4.56. The molecule has 0 N–H and O–H groups in total. The molecule has 0 aliphatic heterocycles. The summed E-state index contributed by atoms with van der Waals surface area (Å²) >= 11 is 6.03. The maximum atomic E-state index is 6.03. The molecule has 0 amide bonds. The van der Waals surface area contributed by atoms with Gasteiger partial charge >= 0.3 is 0 Å². The number of halogens is 1. The van der Waals surface area contributed by atoms with Crippen LogP contribution >= 0.6 is 11.6 Å². The molecule has 2 aromatic heterocycles. The van der Waals surface area contributed by atoms with Crippen LogP contribution in [0, 0.1) is 0 Å². The summed E-state index contributed by atoms with van der Waals surface area (Å²) in [6, 6.07) is 27.5. The highest BCUT2D eigenvalue weighted by Gasteiger charge is 2.21. The molecule has 0 radical (unpaired) electrons. The fraction of sp³-hybridized carbons (Fsp3) is 0. The largest absolute Gasteiger partial charge is 0.232 e. The SMILES string of the molecule is Clc1ccc(-n2nnnc2-c2cnn(-c3ccccc3)c2-c2ccccc2)cc1. The van der Waals surface area contributed by atoms with Gasteiger partial charge in [0.05, 0.1) is 28.8 Å². The van der Waals surface area contributed by atoms with Crippen molar-refractivity contribution in [3.05, 3.63) is 96.1 Å². The number of aromatic nitrogens is 6. The second-order valence-corrected chi connectivity index (χ2v) is 6.85. The van der Waals surface area contributed by atoms with Gasteiger partial charge in [-0.15, -0.1) is 5.10 Å². The summed E-state index contributed by atoms with van der Waals surface area (Å²) in [6.07, 6.45) is 1.80. The molecule has 2 heterocycles.